The van der Waals surface area contributed by atoms with Gasteiger partial charge in [-0.1, -0.05) is 44.6 Å². The number of amides is 1. The van der Waals surface area contributed by atoms with Gasteiger partial charge in [-0.25, -0.2) is 0 Å². The summed E-state index contributed by atoms with van der Waals surface area (Å²) >= 11 is 0. The minimum atomic E-state index is 0.154. The SMILES string of the molecule is CC/C=C\C=C(/C)CNC(=O)CCC(C)C. The first kappa shape index (κ1) is 14.9. The molecule has 2 nitrogen and oxygen atoms in total. The minimum absolute atomic E-state index is 0.154. The van der Waals surface area contributed by atoms with E-state index in [1.54, 1.807) is 0 Å². The van der Waals surface area contributed by atoms with Crippen LogP contribution in [0.4, 0.5) is 0 Å². The lowest BCUT2D eigenvalue weighted by Crippen LogP contribution is -2.25. The zero-order valence-corrected chi connectivity index (χ0v) is 11.0. The van der Waals surface area contributed by atoms with Crippen LogP contribution in [-0.2, 0) is 4.79 Å². The standard InChI is InChI=1S/C14H25NO/c1-5-6-7-8-13(4)11-15-14(16)10-9-12(2)3/h6-8,12H,5,9-11H2,1-4H3,(H,15,16)/b7-6-,13-8+. The first-order chi connectivity index (χ1) is 7.56. The molecule has 0 saturated heterocycles. The number of hydrogen-bond donors (Lipinski definition) is 1. The maximum absolute atomic E-state index is 11.4. The van der Waals surface area contributed by atoms with Gasteiger partial charge < -0.3 is 5.32 Å². The van der Waals surface area contributed by atoms with Crippen LogP contribution in [0.15, 0.2) is 23.8 Å². The monoisotopic (exact) mass is 223 g/mol. The quantitative estimate of drug-likeness (QED) is 0.658. The maximum atomic E-state index is 11.4. The zero-order chi connectivity index (χ0) is 12.4. The van der Waals surface area contributed by atoms with Gasteiger partial charge in [0.05, 0.1) is 0 Å². The van der Waals surface area contributed by atoms with Crippen molar-refractivity contribution in [2.45, 2.75) is 47.0 Å². The van der Waals surface area contributed by atoms with Crippen LogP contribution >= 0.6 is 0 Å². The molecule has 0 aliphatic carbocycles. The fraction of sp³-hybridized carbons (Fsp3) is 0.643. The van der Waals surface area contributed by atoms with E-state index in [0.717, 1.165) is 12.8 Å². The van der Waals surface area contributed by atoms with E-state index in [9.17, 15) is 4.79 Å². The van der Waals surface area contributed by atoms with Crippen LogP contribution in [0.1, 0.15) is 47.0 Å². The fourth-order valence-corrected chi connectivity index (χ4v) is 1.17. The van der Waals surface area contributed by atoms with Gasteiger partial charge in [0, 0.05) is 13.0 Å². The summed E-state index contributed by atoms with van der Waals surface area (Å²) in [6.45, 7) is 9.06. The summed E-state index contributed by atoms with van der Waals surface area (Å²) in [5.41, 5.74) is 1.18. The van der Waals surface area contributed by atoms with Gasteiger partial charge in [-0.15, -0.1) is 0 Å². The molecular formula is C14H25NO. The second-order valence-corrected chi connectivity index (χ2v) is 4.56. The molecule has 0 unspecified atom stereocenters. The summed E-state index contributed by atoms with van der Waals surface area (Å²) < 4.78 is 0. The first-order valence-electron chi connectivity index (χ1n) is 6.15. The van der Waals surface area contributed by atoms with Gasteiger partial charge in [0.2, 0.25) is 5.91 Å². The molecular weight excluding hydrogens is 198 g/mol. The van der Waals surface area contributed by atoms with Crippen LogP contribution in [0.5, 0.6) is 0 Å². The molecule has 0 aromatic heterocycles. The minimum Gasteiger partial charge on any atom is -0.352 e. The normalized spacial score (nSPS) is 12.4. The maximum Gasteiger partial charge on any atom is 0.220 e. The molecule has 0 aliphatic rings. The van der Waals surface area contributed by atoms with Crippen molar-refractivity contribution in [2.24, 2.45) is 5.92 Å². The van der Waals surface area contributed by atoms with Crippen molar-refractivity contribution < 1.29 is 4.79 Å². The van der Waals surface area contributed by atoms with Gasteiger partial charge in [0.25, 0.3) is 0 Å². The molecule has 1 amide bonds. The number of nitrogens with one attached hydrogen (secondary N) is 1. The summed E-state index contributed by atoms with van der Waals surface area (Å²) in [4.78, 5) is 11.4. The van der Waals surface area contributed by atoms with Gasteiger partial charge in [-0.3, -0.25) is 4.79 Å². The molecule has 0 aromatic rings. The molecule has 16 heavy (non-hydrogen) atoms. The van der Waals surface area contributed by atoms with Crippen LogP contribution in [0.25, 0.3) is 0 Å². The molecule has 0 aliphatic heterocycles. The lowest BCUT2D eigenvalue weighted by molar-refractivity contribution is -0.121. The number of hydrogen-bond acceptors (Lipinski definition) is 1. The average molecular weight is 223 g/mol. The molecule has 0 bridgehead atoms. The number of carbonyl (C=O) groups is 1. The van der Waals surface area contributed by atoms with E-state index >= 15 is 0 Å². The second-order valence-electron chi connectivity index (χ2n) is 4.56. The topological polar surface area (TPSA) is 29.1 Å². The summed E-state index contributed by atoms with van der Waals surface area (Å²) in [7, 11) is 0. The van der Waals surface area contributed by atoms with E-state index in [1.165, 1.54) is 5.57 Å². The third-order valence-corrected chi connectivity index (χ3v) is 2.27. The van der Waals surface area contributed by atoms with Crippen molar-refractivity contribution in [2.75, 3.05) is 6.54 Å². The van der Waals surface area contributed by atoms with Crippen LogP contribution < -0.4 is 5.32 Å². The van der Waals surface area contributed by atoms with Crippen LogP contribution in [0.3, 0.4) is 0 Å². The van der Waals surface area contributed by atoms with E-state index in [4.69, 9.17) is 0 Å². The molecule has 0 fully saturated rings. The Hall–Kier alpha value is -1.05. The Morgan fingerprint density at radius 3 is 2.62 bits per heavy atom. The van der Waals surface area contributed by atoms with E-state index in [1.807, 2.05) is 19.1 Å². The highest BCUT2D eigenvalue weighted by Crippen LogP contribution is 2.03. The molecule has 92 valence electrons. The van der Waals surface area contributed by atoms with Crippen molar-refractivity contribution in [1.82, 2.24) is 5.32 Å². The van der Waals surface area contributed by atoms with Gasteiger partial charge >= 0.3 is 0 Å². The summed E-state index contributed by atoms with van der Waals surface area (Å²) in [5.74, 6) is 0.746. The summed E-state index contributed by atoms with van der Waals surface area (Å²) in [5, 5.41) is 2.92. The van der Waals surface area contributed by atoms with Crippen molar-refractivity contribution in [3.8, 4) is 0 Å². The molecule has 0 radical (unpaired) electrons. The third kappa shape index (κ3) is 9.50. The lowest BCUT2D eigenvalue weighted by Gasteiger charge is -2.06. The van der Waals surface area contributed by atoms with Crippen molar-refractivity contribution >= 4 is 5.91 Å². The van der Waals surface area contributed by atoms with E-state index in [-0.39, 0.29) is 5.91 Å². The van der Waals surface area contributed by atoms with Crippen LogP contribution in [0, 0.1) is 5.92 Å². The first-order valence-corrected chi connectivity index (χ1v) is 6.15. The molecule has 0 rings (SSSR count). The molecule has 0 heterocycles. The summed E-state index contributed by atoms with van der Waals surface area (Å²) in [6, 6.07) is 0. The highest BCUT2D eigenvalue weighted by molar-refractivity contribution is 5.76. The zero-order valence-electron chi connectivity index (χ0n) is 11.0. The second kappa shape index (κ2) is 9.20. The Bertz CT molecular complexity index is 251. The number of rotatable bonds is 7. The predicted molar refractivity (Wildman–Crippen MR) is 70.3 cm³/mol. The molecule has 0 atom stereocenters. The van der Waals surface area contributed by atoms with Gasteiger partial charge in [-0.2, -0.15) is 0 Å². The van der Waals surface area contributed by atoms with E-state index in [2.05, 4.69) is 32.2 Å². The van der Waals surface area contributed by atoms with Crippen LogP contribution in [-0.4, -0.2) is 12.5 Å². The van der Waals surface area contributed by atoms with E-state index in [0.29, 0.717) is 18.9 Å². The number of carbonyl (C=O) groups excluding carboxylic acids is 1. The molecule has 0 aromatic carbocycles. The lowest BCUT2D eigenvalue weighted by atomic mass is 10.1. The van der Waals surface area contributed by atoms with Gasteiger partial charge in [0.1, 0.15) is 0 Å². The third-order valence-electron chi connectivity index (χ3n) is 2.27. The van der Waals surface area contributed by atoms with Crippen LogP contribution in [0.2, 0.25) is 0 Å². The Labute approximate surface area is 99.8 Å². The Morgan fingerprint density at radius 2 is 2.06 bits per heavy atom. The smallest absolute Gasteiger partial charge is 0.220 e. The van der Waals surface area contributed by atoms with Crippen molar-refractivity contribution in [3.63, 3.8) is 0 Å². The van der Waals surface area contributed by atoms with Crippen molar-refractivity contribution in [3.05, 3.63) is 23.8 Å². The van der Waals surface area contributed by atoms with Gasteiger partial charge in [0.15, 0.2) is 0 Å². The van der Waals surface area contributed by atoms with Gasteiger partial charge in [-0.05, 0) is 25.7 Å². The molecule has 0 saturated carbocycles. The molecule has 2 heteroatoms. The van der Waals surface area contributed by atoms with E-state index < -0.39 is 0 Å². The fourth-order valence-electron chi connectivity index (χ4n) is 1.17. The van der Waals surface area contributed by atoms with Crippen molar-refractivity contribution in [1.29, 1.82) is 0 Å². The molecule has 1 N–H and O–H groups in total. The largest absolute Gasteiger partial charge is 0.352 e. The Kier molecular flexibility index (Phi) is 8.59. The summed E-state index contributed by atoms with van der Waals surface area (Å²) in [6.07, 6.45) is 8.83. The average Bonchev–Trinajstić information content (AvgIpc) is 2.24. The Balaban J connectivity index is 3.74. The predicted octanol–water partition coefficient (Wildman–Crippen LogP) is 3.45. The highest BCUT2D eigenvalue weighted by Gasteiger charge is 2.02. The molecule has 0 spiro atoms. The Morgan fingerprint density at radius 1 is 1.38 bits per heavy atom. The highest BCUT2D eigenvalue weighted by atomic mass is 16.1. The number of allylic oxidation sites excluding steroid dienone is 3.